The van der Waals surface area contributed by atoms with Crippen LogP contribution in [0, 0.1) is 3.57 Å². The van der Waals surface area contributed by atoms with Gasteiger partial charge in [0.05, 0.1) is 16.4 Å². The third kappa shape index (κ3) is 6.68. The molecule has 0 bridgehead atoms. The molecule has 0 unspecified atom stereocenters. The molecule has 1 amide bonds. The Morgan fingerprint density at radius 2 is 1.70 bits per heavy atom. The maximum atomic E-state index is 12.5. The van der Waals surface area contributed by atoms with E-state index in [0.717, 1.165) is 14.7 Å². The zero-order chi connectivity index (χ0) is 26.4. The number of amides is 1. The van der Waals surface area contributed by atoms with Crippen LogP contribution < -0.4 is 14.9 Å². The largest absolute Gasteiger partial charge is 0.490 e. The zero-order valence-electron chi connectivity index (χ0n) is 21.5. The molecular formula is C31H31IN2O3. The molecule has 190 valence electrons. The van der Waals surface area contributed by atoms with E-state index < -0.39 is 0 Å². The molecule has 0 saturated heterocycles. The van der Waals surface area contributed by atoms with Gasteiger partial charge in [0, 0.05) is 5.56 Å². The highest BCUT2D eigenvalue weighted by molar-refractivity contribution is 14.1. The van der Waals surface area contributed by atoms with Crippen molar-refractivity contribution in [2.24, 2.45) is 5.10 Å². The summed E-state index contributed by atoms with van der Waals surface area (Å²) in [7, 11) is 0. The van der Waals surface area contributed by atoms with Gasteiger partial charge >= 0.3 is 0 Å². The Morgan fingerprint density at radius 1 is 0.973 bits per heavy atom. The van der Waals surface area contributed by atoms with Gasteiger partial charge in [0.15, 0.2) is 11.5 Å². The van der Waals surface area contributed by atoms with Crippen molar-refractivity contribution in [2.75, 3.05) is 6.61 Å². The van der Waals surface area contributed by atoms with E-state index >= 15 is 0 Å². The minimum Gasteiger partial charge on any atom is -0.490 e. The van der Waals surface area contributed by atoms with E-state index in [1.807, 2.05) is 61.5 Å². The Kier molecular flexibility index (Phi) is 8.48. The summed E-state index contributed by atoms with van der Waals surface area (Å²) in [5.74, 6) is 1.07. The van der Waals surface area contributed by atoms with Gasteiger partial charge in [0.1, 0.15) is 6.61 Å². The number of hydrogen-bond acceptors (Lipinski definition) is 4. The number of ether oxygens (including phenoxy) is 2. The van der Waals surface area contributed by atoms with E-state index in [2.05, 4.69) is 78.2 Å². The monoisotopic (exact) mass is 606 g/mol. The Morgan fingerprint density at radius 3 is 2.43 bits per heavy atom. The number of hydrogen-bond donors (Lipinski definition) is 1. The van der Waals surface area contributed by atoms with Crippen LogP contribution in [0.3, 0.4) is 0 Å². The maximum absolute atomic E-state index is 12.5. The van der Waals surface area contributed by atoms with Crippen LogP contribution in [0.2, 0.25) is 0 Å². The van der Waals surface area contributed by atoms with Gasteiger partial charge in [-0.05, 0) is 86.7 Å². The number of fused-ring (bicyclic) bond motifs is 1. The number of halogens is 1. The van der Waals surface area contributed by atoms with Crippen molar-refractivity contribution in [2.45, 2.75) is 39.7 Å². The molecule has 0 aromatic heterocycles. The molecule has 0 heterocycles. The fourth-order valence-corrected chi connectivity index (χ4v) is 4.77. The van der Waals surface area contributed by atoms with Crippen LogP contribution in [0.25, 0.3) is 10.8 Å². The van der Waals surface area contributed by atoms with Crippen molar-refractivity contribution in [3.63, 3.8) is 0 Å². The van der Waals surface area contributed by atoms with Crippen LogP contribution in [-0.4, -0.2) is 18.7 Å². The van der Waals surface area contributed by atoms with Crippen LogP contribution in [0.4, 0.5) is 0 Å². The summed E-state index contributed by atoms with van der Waals surface area (Å²) >= 11 is 2.24. The van der Waals surface area contributed by atoms with Crippen LogP contribution in [-0.2, 0) is 12.0 Å². The fourth-order valence-electron chi connectivity index (χ4n) is 3.99. The minimum absolute atomic E-state index is 0.0351. The van der Waals surface area contributed by atoms with E-state index in [1.54, 1.807) is 6.21 Å². The molecule has 0 aliphatic carbocycles. The number of benzene rings is 4. The smallest absolute Gasteiger partial charge is 0.271 e. The first kappa shape index (κ1) is 26.7. The highest BCUT2D eigenvalue weighted by Crippen LogP contribution is 2.35. The number of nitrogens with one attached hydrogen (secondary N) is 1. The van der Waals surface area contributed by atoms with Crippen molar-refractivity contribution in [3.05, 3.63) is 105 Å². The molecule has 0 aliphatic heterocycles. The minimum atomic E-state index is -0.258. The van der Waals surface area contributed by atoms with Gasteiger partial charge in [0.25, 0.3) is 5.91 Å². The fraction of sp³-hybridized carbons (Fsp3) is 0.226. The van der Waals surface area contributed by atoms with E-state index in [9.17, 15) is 4.79 Å². The van der Waals surface area contributed by atoms with E-state index in [4.69, 9.17) is 9.47 Å². The lowest BCUT2D eigenvalue weighted by Crippen LogP contribution is -2.18. The lowest BCUT2D eigenvalue weighted by Gasteiger charge is -2.18. The van der Waals surface area contributed by atoms with Gasteiger partial charge < -0.3 is 9.47 Å². The molecule has 0 saturated carbocycles. The molecule has 0 atom stereocenters. The van der Waals surface area contributed by atoms with Gasteiger partial charge in [-0.1, -0.05) is 75.4 Å². The topological polar surface area (TPSA) is 59.9 Å². The first-order valence-corrected chi connectivity index (χ1v) is 13.3. The zero-order valence-corrected chi connectivity index (χ0v) is 23.7. The summed E-state index contributed by atoms with van der Waals surface area (Å²) in [6.07, 6.45) is 1.61. The number of rotatable bonds is 8. The first-order chi connectivity index (χ1) is 17.8. The van der Waals surface area contributed by atoms with Crippen molar-refractivity contribution in [1.82, 2.24) is 5.43 Å². The molecule has 0 aliphatic rings. The van der Waals surface area contributed by atoms with Crippen LogP contribution in [0.15, 0.2) is 84.0 Å². The van der Waals surface area contributed by atoms with Gasteiger partial charge in [-0.2, -0.15) is 5.10 Å². The van der Waals surface area contributed by atoms with Crippen molar-refractivity contribution < 1.29 is 14.3 Å². The number of nitrogens with zero attached hydrogens (tertiary/aromatic N) is 1. The second-order valence-corrected chi connectivity index (χ2v) is 10.9. The van der Waals surface area contributed by atoms with Crippen LogP contribution >= 0.6 is 22.6 Å². The molecule has 0 radical (unpaired) electrons. The van der Waals surface area contributed by atoms with Crippen molar-refractivity contribution in [1.29, 1.82) is 0 Å². The summed E-state index contributed by atoms with van der Waals surface area (Å²) in [5, 5.41) is 6.52. The highest BCUT2D eigenvalue weighted by Gasteiger charge is 2.15. The summed E-state index contributed by atoms with van der Waals surface area (Å²) in [5.41, 5.74) is 6.29. The summed E-state index contributed by atoms with van der Waals surface area (Å²) in [6, 6.07) is 25.9. The normalized spacial score (nSPS) is 11.6. The number of carbonyl (C=O) groups is 1. The molecule has 4 rings (SSSR count). The van der Waals surface area contributed by atoms with E-state index in [-0.39, 0.29) is 11.3 Å². The quantitative estimate of drug-likeness (QED) is 0.129. The Labute approximate surface area is 232 Å². The second-order valence-electron chi connectivity index (χ2n) is 9.72. The molecule has 0 spiro atoms. The molecule has 6 heteroatoms. The molecule has 4 aromatic rings. The standard InChI is InChI=1S/C31H31IN2O3/c1-5-36-28-18-21(19-33-34-30(35)23-13-15-25(16-14-23)31(2,3)4)17-27(32)29(28)37-20-24-11-8-10-22-9-6-7-12-26(22)24/h6-19H,5,20H2,1-4H3,(H,34,35)/b33-19-. The first-order valence-electron chi connectivity index (χ1n) is 12.3. The maximum Gasteiger partial charge on any atom is 0.271 e. The van der Waals surface area contributed by atoms with Crippen molar-refractivity contribution in [3.8, 4) is 11.5 Å². The third-order valence-electron chi connectivity index (χ3n) is 5.98. The summed E-state index contributed by atoms with van der Waals surface area (Å²) in [6.45, 7) is 9.30. The van der Waals surface area contributed by atoms with Gasteiger partial charge in [-0.25, -0.2) is 5.43 Å². The van der Waals surface area contributed by atoms with E-state index in [0.29, 0.717) is 30.3 Å². The lowest BCUT2D eigenvalue weighted by atomic mass is 9.87. The molecule has 5 nitrogen and oxygen atoms in total. The molecule has 0 fully saturated rings. The molecular weight excluding hydrogens is 575 g/mol. The lowest BCUT2D eigenvalue weighted by molar-refractivity contribution is 0.0955. The molecule has 4 aromatic carbocycles. The predicted octanol–water partition coefficient (Wildman–Crippen LogP) is 7.48. The van der Waals surface area contributed by atoms with E-state index in [1.165, 1.54) is 16.3 Å². The highest BCUT2D eigenvalue weighted by atomic mass is 127. The average Bonchev–Trinajstić information content (AvgIpc) is 2.88. The second kappa shape index (κ2) is 11.8. The molecule has 37 heavy (non-hydrogen) atoms. The Hall–Kier alpha value is -3.39. The summed E-state index contributed by atoms with van der Waals surface area (Å²) < 4.78 is 13.0. The number of hydrazone groups is 1. The predicted molar refractivity (Wildman–Crippen MR) is 159 cm³/mol. The average molecular weight is 607 g/mol. The van der Waals surface area contributed by atoms with Crippen LogP contribution in [0.1, 0.15) is 54.7 Å². The van der Waals surface area contributed by atoms with Crippen LogP contribution in [0.5, 0.6) is 11.5 Å². The number of carbonyl (C=O) groups excluding carboxylic acids is 1. The van der Waals surface area contributed by atoms with Gasteiger partial charge in [0.2, 0.25) is 0 Å². The third-order valence-corrected chi connectivity index (χ3v) is 6.78. The summed E-state index contributed by atoms with van der Waals surface area (Å²) in [4.78, 5) is 12.5. The van der Waals surface area contributed by atoms with Crippen molar-refractivity contribution >= 4 is 45.5 Å². The SMILES string of the molecule is CCOc1cc(/C=N\NC(=O)c2ccc(C(C)(C)C)cc2)cc(I)c1OCc1cccc2ccccc12. The Bertz CT molecular complexity index is 1420. The molecule has 1 N–H and O–H groups in total. The van der Waals surface area contributed by atoms with Gasteiger partial charge in [-0.15, -0.1) is 0 Å². The Balaban J connectivity index is 1.47. The van der Waals surface area contributed by atoms with Gasteiger partial charge in [-0.3, -0.25) is 4.79 Å².